The molecule has 1 aromatic heterocycles. The molecule has 0 spiro atoms. The molecule has 2 aromatic carbocycles. The monoisotopic (exact) mass is 415 g/mol. The molecule has 3 nitrogen and oxygen atoms in total. The van der Waals surface area contributed by atoms with Gasteiger partial charge in [-0.05, 0) is 79.0 Å². The Labute approximate surface area is 183 Å². The van der Waals surface area contributed by atoms with Crippen molar-refractivity contribution >= 4 is 23.1 Å². The van der Waals surface area contributed by atoms with Gasteiger partial charge in [0, 0.05) is 48.0 Å². The molecule has 2 aliphatic heterocycles. The number of pyridine rings is 1. The van der Waals surface area contributed by atoms with Crippen molar-refractivity contribution in [3.8, 4) is 11.3 Å². The van der Waals surface area contributed by atoms with Crippen LogP contribution in [-0.2, 0) is 13.0 Å². The predicted molar refractivity (Wildman–Crippen MR) is 129 cm³/mol. The Balaban J connectivity index is 1.40. The van der Waals surface area contributed by atoms with Gasteiger partial charge in [0.15, 0.2) is 0 Å². The van der Waals surface area contributed by atoms with Crippen molar-refractivity contribution in [2.45, 2.75) is 39.3 Å². The maximum Gasteiger partial charge on any atom is 0.0705 e. The van der Waals surface area contributed by atoms with Gasteiger partial charge >= 0.3 is 0 Å². The van der Waals surface area contributed by atoms with Crippen LogP contribution in [0.25, 0.3) is 11.3 Å². The molecule has 30 heavy (non-hydrogen) atoms. The van der Waals surface area contributed by atoms with Crippen LogP contribution in [0.4, 0.5) is 11.4 Å². The summed E-state index contributed by atoms with van der Waals surface area (Å²) in [4.78, 5) is 7.33. The molecule has 154 valence electrons. The predicted octanol–water partition coefficient (Wildman–Crippen LogP) is 5.97. The van der Waals surface area contributed by atoms with Crippen LogP contribution in [0.5, 0.6) is 0 Å². The first-order valence-electron chi connectivity index (χ1n) is 10.9. The van der Waals surface area contributed by atoms with Crippen molar-refractivity contribution < 1.29 is 0 Å². The lowest BCUT2D eigenvalue weighted by Crippen LogP contribution is -2.39. The van der Waals surface area contributed by atoms with Crippen LogP contribution < -0.4 is 5.32 Å². The standard InChI is InChI=1S/C26H29N3S/c1-18-6-9-25(27-15-18)24-14-21(8-7-19(24)2)28-26-5-3-4-20-16-29(12-10-23(20)26)22-11-13-30-17-22/h3-9,14-15,22,28H,10-13,16-17H2,1-2H3/t22-/m0/s1. The first kappa shape index (κ1) is 19.7. The number of hydrogen-bond donors (Lipinski definition) is 1. The summed E-state index contributed by atoms with van der Waals surface area (Å²) < 4.78 is 0. The zero-order valence-corrected chi connectivity index (χ0v) is 18.6. The molecule has 3 heterocycles. The van der Waals surface area contributed by atoms with Gasteiger partial charge in [0.1, 0.15) is 0 Å². The molecule has 1 N–H and O–H groups in total. The van der Waals surface area contributed by atoms with Crippen molar-refractivity contribution in [2.75, 3.05) is 23.4 Å². The Hall–Kier alpha value is -2.30. The highest BCUT2D eigenvalue weighted by atomic mass is 32.2. The summed E-state index contributed by atoms with van der Waals surface area (Å²) in [5.74, 6) is 2.62. The lowest BCUT2D eigenvalue weighted by molar-refractivity contribution is 0.195. The molecule has 3 aromatic rings. The maximum absolute atomic E-state index is 4.64. The van der Waals surface area contributed by atoms with Gasteiger partial charge in [0.2, 0.25) is 0 Å². The Bertz CT molecular complexity index is 1040. The quantitative estimate of drug-likeness (QED) is 0.568. The molecule has 0 bridgehead atoms. The first-order valence-corrected chi connectivity index (χ1v) is 12.1. The van der Waals surface area contributed by atoms with E-state index in [-0.39, 0.29) is 0 Å². The lowest BCUT2D eigenvalue weighted by Gasteiger charge is -2.34. The van der Waals surface area contributed by atoms with E-state index in [1.54, 1.807) is 0 Å². The normalized spacial score (nSPS) is 18.9. The number of nitrogens with one attached hydrogen (secondary N) is 1. The van der Waals surface area contributed by atoms with E-state index in [0.29, 0.717) is 0 Å². The number of fused-ring (bicyclic) bond motifs is 1. The number of thioether (sulfide) groups is 1. The number of anilines is 2. The second-order valence-corrected chi connectivity index (χ2v) is 9.71. The minimum Gasteiger partial charge on any atom is -0.355 e. The number of aromatic nitrogens is 1. The Morgan fingerprint density at radius 3 is 2.83 bits per heavy atom. The SMILES string of the molecule is Cc1ccc(-c2cc(Nc3cccc4c3CCN([C@H]3CCSC3)C4)ccc2C)nc1. The first-order chi connectivity index (χ1) is 14.7. The van der Waals surface area contributed by atoms with E-state index in [9.17, 15) is 0 Å². The summed E-state index contributed by atoms with van der Waals surface area (Å²) in [6.45, 7) is 6.49. The van der Waals surface area contributed by atoms with Gasteiger partial charge in [-0.1, -0.05) is 24.3 Å². The van der Waals surface area contributed by atoms with Gasteiger partial charge < -0.3 is 5.32 Å². The van der Waals surface area contributed by atoms with Crippen molar-refractivity contribution in [1.82, 2.24) is 9.88 Å². The number of benzene rings is 2. The molecule has 1 fully saturated rings. The van der Waals surface area contributed by atoms with Crippen LogP contribution in [0, 0.1) is 13.8 Å². The van der Waals surface area contributed by atoms with E-state index in [0.717, 1.165) is 30.4 Å². The fraction of sp³-hybridized carbons (Fsp3) is 0.346. The summed E-state index contributed by atoms with van der Waals surface area (Å²) in [6.07, 6.45) is 4.41. The van der Waals surface area contributed by atoms with E-state index < -0.39 is 0 Å². The summed E-state index contributed by atoms with van der Waals surface area (Å²) in [6, 6.07) is 18.3. The molecule has 1 saturated heterocycles. The summed E-state index contributed by atoms with van der Waals surface area (Å²) in [5, 5.41) is 3.71. The van der Waals surface area contributed by atoms with Gasteiger partial charge in [0.05, 0.1) is 5.69 Å². The second-order valence-electron chi connectivity index (χ2n) is 8.56. The largest absolute Gasteiger partial charge is 0.355 e. The topological polar surface area (TPSA) is 28.2 Å². The highest BCUT2D eigenvalue weighted by Gasteiger charge is 2.27. The van der Waals surface area contributed by atoms with E-state index in [1.807, 2.05) is 6.20 Å². The van der Waals surface area contributed by atoms with Crippen LogP contribution in [0.15, 0.2) is 54.7 Å². The summed E-state index contributed by atoms with van der Waals surface area (Å²) in [5.41, 5.74) is 9.99. The second kappa shape index (κ2) is 8.44. The smallest absolute Gasteiger partial charge is 0.0705 e. The van der Waals surface area contributed by atoms with Crippen LogP contribution >= 0.6 is 11.8 Å². The van der Waals surface area contributed by atoms with Crippen molar-refractivity contribution in [1.29, 1.82) is 0 Å². The highest BCUT2D eigenvalue weighted by Crippen LogP contribution is 2.33. The fourth-order valence-corrected chi connectivity index (χ4v) is 5.88. The molecule has 0 amide bonds. The van der Waals surface area contributed by atoms with E-state index >= 15 is 0 Å². The molecule has 1 atom stereocenters. The van der Waals surface area contributed by atoms with Crippen molar-refractivity contribution in [2.24, 2.45) is 0 Å². The summed E-state index contributed by atoms with van der Waals surface area (Å²) in [7, 11) is 0. The third-order valence-corrected chi connectivity index (χ3v) is 7.57. The highest BCUT2D eigenvalue weighted by molar-refractivity contribution is 7.99. The zero-order chi connectivity index (χ0) is 20.5. The molecule has 0 radical (unpaired) electrons. The summed E-state index contributed by atoms with van der Waals surface area (Å²) >= 11 is 2.10. The minimum atomic E-state index is 0.765. The van der Waals surface area contributed by atoms with Gasteiger partial charge in [-0.25, -0.2) is 0 Å². The maximum atomic E-state index is 4.64. The molecule has 0 aliphatic carbocycles. The van der Waals surface area contributed by atoms with Gasteiger partial charge in [0.25, 0.3) is 0 Å². The van der Waals surface area contributed by atoms with Crippen molar-refractivity contribution in [3.63, 3.8) is 0 Å². The average Bonchev–Trinajstić information content (AvgIpc) is 3.31. The van der Waals surface area contributed by atoms with Crippen LogP contribution in [0.1, 0.15) is 28.7 Å². The molecular weight excluding hydrogens is 386 g/mol. The van der Waals surface area contributed by atoms with Crippen LogP contribution in [0.2, 0.25) is 0 Å². The number of rotatable bonds is 4. The lowest BCUT2D eigenvalue weighted by atomic mass is 9.96. The average molecular weight is 416 g/mol. The Morgan fingerprint density at radius 2 is 2.03 bits per heavy atom. The van der Waals surface area contributed by atoms with Gasteiger partial charge in [-0.2, -0.15) is 11.8 Å². The molecule has 0 saturated carbocycles. The fourth-order valence-electron chi connectivity index (χ4n) is 4.63. The molecule has 2 aliphatic rings. The number of hydrogen-bond acceptors (Lipinski definition) is 4. The van der Waals surface area contributed by atoms with Crippen LogP contribution in [-0.4, -0.2) is 34.0 Å². The number of aryl methyl sites for hydroxylation is 2. The van der Waals surface area contributed by atoms with E-state index in [4.69, 9.17) is 0 Å². The van der Waals surface area contributed by atoms with Crippen LogP contribution in [0.3, 0.4) is 0 Å². The van der Waals surface area contributed by atoms with E-state index in [2.05, 4.69) is 89.3 Å². The van der Waals surface area contributed by atoms with E-state index in [1.165, 1.54) is 58.0 Å². The van der Waals surface area contributed by atoms with Gasteiger partial charge in [-0.3, -0.25) is 9.88 Å². The Morgan fingerprint density at radius 1 is 1.10 bits per heavy atom. The molecule has 0 unspecified atom stereocenters. The third-order valence-electron chi connectivity index (χ3n) is 6.42. The Kier molecular flexibility index (Phi) is 5.53. The molecule has 5 rings (SSSR count). The number of nitrogens with zero attached hydrogens (tertiary/aromatic N) is 2. The minimum absolute atomic E-state index is 0.765. The third kappa shape index (κ3) is 3.99. The molecular formula is C26H29N3S. The van der Waals surface area contributed by atoms with Gasteiger partial charge in [-0.15, -0.1) is 0 Å². The van der Waals surface area contributed by atoms with Crippen molar-refractivity contribution in [3.05, 3.63) is 77.0 Å². The zero-order valence-electron chi connectivity index (χ0n) is 17.8. The molecule has 4 heteroatoms.